The Bertz CT molecular complexity index is 999. The van der Waals surface area contributed by atoms with E-state index in [2.05, 4.69) is 36.4 Å². The van der Waals surface area contributed by atoms with E-state index in [0.717, 1.165) is 0 Å². The highest BCUT2D eigenvalue weighted by Crippen LogP contribution is 2.23. The number of carbonyl (C=O) groups is 2. The summed E-state index contributed by atoms with van der Waals surface area (Å²) >= 11 is 0. The van der Waals surface area contributed by atoms with E-state index in [1.54, 1.807) is 50.2 Å². The van der Waals surface area contributed by atoms with Crippen molar-refractivity contribution in [1.82, 2.24) is 4.98 Å². The molecule has 0 saturated heterocycles. The van der Waals surface area contributed by atoms with Crippen LogP contribution in [0.25, 0.3) is 0 Å². The summed E-state index contributed by atoms with van der Waals surface area (Å²) in [5.74, 6) is -0.554. The van der Waals surface area contributed by atoms with Crippen molar-refractivity contribution in [2.45, 2.75) is 45.6 Å². The monoisotopic (exact) mass is 431 g/mol. The van der Waals surface area contributed by atoms with Gasteiger partial charge in [-0.2, -0.15) is 0 Å². The molecule has 0 atom stereocenters. The second-order valence-corrected chi connectivity index (χ2v) is 9.30. The Morgan fingerprint density at radius 2 is 1.22 bits per heavy atom. The summed E-state index contributed by atoms with van der Waals surface area (Å²) in [6, 6.07) is 17.7. The van der Waals surface area contributed by atoms with Crippen molar-refractivity contribution in [1.29, 1.82) is 0 Å². The Kier molecular flexibility index (Phi) is 6.46. The van der Waals surface area contributed by atoms with E-state index >= 15 is 0 Å². The first kappa shape index (κ1) is 23.2. The molecule has 0 aliphatic rings. The predicted octanol–water partition coefficient (Wildman–Crippen LogP) is 5.11. The molecule has 0 bridgehead atoms. The zero-order valence-corrected chi connectivity index (χ0v) is 19.1. The first-order chi connectivity index (χ1) is 14.9. The van der Waals surface area contributed by atoms with Crippen LogP contribution in [0.5, 0.6) is 0 Å². The van der Waals surface area contributed by atoms with Crippen LogP contribution in [-0.2, 0) is 11.0 Å². The van der Waals surface area contributed by atoms with E-state index in [9.17, 15) is 14.7 Å². The standard InChI is InChI=1S/C26H29N3O3/c1-25(2,3)18-8-6-17(7-9-18)23(30)28-20-11-13-21(14-12-20)29-24(31)22-15-10-19(16-27-22)26(4,5)32/h6-16,32H,1-5H3,(H,28,30)(H,29,31). The highest BCUT2D eigenvalue weighted by molar-refractivity contribution is 6.05. The molecule has 0 spiro atoms. The number of nitrogens with one attached hydrogen (secondary N) is 2. The number of aliphatic hydroxyl groups is 1. The van der Waals surface area contributed by atoms with E-state index in [1.165, 1.54) is 11.8 Å². The Morgan fingerprint density at radius 3 is 1.66 bits per heavy atom. The zero-order chi connectivity index (χ0) is 23.5. The van der Waals surface area contributed by atoms with Crippen LogP contribution in [0.3, 0.4) is 0 Å². The molecular formula is C26H29N3O3. The molecule has 0 unspecified atom stereocenters. The maximum Gasteiger partial charge on any atom is 0.274 e. The number of aromatic nitrogens is 1. The quantitative estimate of drug-likeness (QED) is 0.523. The van der Waals surface area contributed by atoms with E-state index in [-0.39, 0.29) is 22.9 Å². The summed E-state index contributed by atoms with van der Waals surface area (Å²) in [6.07, 6.45) is 1.49. The van der Waals surface area contributed by atoms with Gasteiger partial charge >= 0.3 is 0 Å². The van der Waals surface area contributed by atoms with Crippen molar-refractivity contribution in [2.75, 3.05) is 10.6 Å². The molecule has 2 amide bonds. The number of hydrogen-bond donors (Lipinski definition) is 3. The minimum atomic E-state index is -1.02. The van der Waals surface area contributed by atoms with Gasteiger partial charge in [-0.25, -0.2) is 0 Å². The van der Waals surface area contributed by atoms with Crippen LogP contribution in [0.2, 0.25) is 0 Å². The topological polar surface area (TPSA) is 91.3 Å². The molecule has 6 nitrogen and oxygen atoms in total. The van der Waals surface area contributed by atoms with Gasteiger partial charge in [0.2, 0.25) is 0 Å². The number of benzene rings is 2. The highest BCUT2D eigenvalue weighted by atomic mass is 16.3. The predicted molar refractivity (Wildman–Crippen MR) is 127 cm³/mol. The second-order valence-electron chi connectivity index (χ2n) is 9.30. The molecule has 1 heterocycles. The lowest BCUT2D eigenvalue weighted by molar-refractivity contribution is 0.0780. The number of anilines is 2. The van der Waals surface area contributed by atoms with Crippen LogP contribution in [-0.4, -0.2) is 21.9 Å². The molecular weight excluding hydrogens is 402 g/mol. The molecule has 3 aromatic rings. The SMILES string of the molecule is CC(C)(C)c1ccc(C(=O)Nc2ccc(NC(=O)c3ccc(C(C)(C)O)cn3)cc2)cc1. The Labute approximate surface area is 188 Å². The fourth-order valence-electron chi connectivity index (χ4n) is 3.05. The van der Waals surface area contributed by atoms with Crippen LogP contribution in [0.1, 0.15) is 66.6 Å². The van der Waals surface area contributed by atoms with Crippen LogP contribution < -0.4 is 10.6 Å². The molecule has 6 heteroatoms. The third kappa shape index (κ3) is 5.80. The van der Waals surface area contributed by atoms with E-state index in [0.29, 0.717) is 22.5 Å². The summed E-state index contributed by atoms with van der Waals surface area (Å²) < 4.78 is 0. The van der Waals surface area contributed by atoms with Gasteiger partial charge in [0, 0.05) is 28.7 Å². The molecule has 32 heavy (non-hydrogen) atoms. The average Bonchev–Trinajstić information content (AvgIpc) is 2.74. The molecule has 166 valence electrons. The molecule has 2 aromatic carbocycles. The van der Waals surface area contributed by atoms with Crippen molar-refractivity contribution < 1.29 is 14.7 Å². The molecule has 3 N–H and O–H groups in total. The third-order valence-electron chi connectivity index (χ3n) is 5.12. The van der Waals surface area contributed by atoms with Gasteiger partial charge in [0.1, 0.15) is 5.69 Å². The van der Waals surface area contributed by atoms with Gasteiger partial charge in [-0.05, 0) is 67.3 Å². The van der Waals surface area contributed by atoms with Crippen LogP contribution >= 0.6 is 0 Å². The van der Waals surface area contributed by atoms with Crippen LogP contribution in [0.4, 0.5) is 11.4 Å². The van der Waals surface area contributed by atoms with Gasteiger partial charge in [0.15, 0.2) is 0 Å². The van der Waals surface area contributed by atoms with Gasteiger partial charge in [-0.1, -0.05) is 39.0 Å². The summed E-state index contributed by atoms with van der Waals surface area (Å²) in [6.45, 7) is 9.70. The average molecular weight is 432 g/mol. The van der Waals surface area contributed by atoms with Crippen LogP contribution in [0.15, 0.2) is 66.9 Å². The molecule has 0 aliphatic carbocycles. The molecule has 0 fully saturated rings. The van der Waals surface area contributed by atoms with Gasteiger partial charge in [-0.15, -0.1) is 0 Å². The van der Waals surface area contributed by atoms with Crippen molar-refractivity contribution >= 4 is 23.2 Å². The van der Waals surface area contributed by atoms with Crippen molar-refractivity contribution in [2.24, 2.45) is 0 Å². The van der Waals surface area contributed by atoms with Crippen molar-refractivity contribution in [3.8, 4) is 0 Å². The third-order valence-corrected chi connectivity index (χ3v) is 5.12. The maximum atomic E-state index is 12.5. The second kappa shape index (κ2) is 8.93. The summed E-state index contributed by atoms with van der Waals surface area (Å²) in [5.41, 5.74) is 2.83. The number of pyridine rings is 1. The number of nitrogens with zero attached hydrogens (tertiary/aromatic N) is 1. The number of hydrogen-bond acceptors (Lipinski definition) is 4. The number of rotatable bonds is 5. The largest absolute Gasteiger partial charge is 0.386 e. The molecule has 0 saturated carbocycles. The van der Waals surface area contributed by atoms with Crippen molar-refractivity contribution in [3.63, 3.8) is 0 Å². The lowest BCUT2D eigenvalue weighted by Gasteiger charge is -2.19. The van der Waals surface area contributed by atoms with Gasteiger partial charge in [0.25, 0.3) is 11.8 Å². The van der Waals surface area contributed by atoms with Gasteiger partial charge < -0.3 is 15.7 Å². The minimum Gasteiger partial charge on any atom is -0.386 e. The lowest BCUT2D eigenvalue weighted by Crippen LogP contribution is -2.18. The molecule has 0 aliphatic heterocycles. The Morgan fingerprint density at radius 1 is 0.719 bits per heavy atom. The zero-order valence-electron chi connectivity index (χ0n) is 19.1. The minimum absolute atomic E-state index is 0.0300. The summed E-state index contributed by atoms with van der Waals surface area (Å²) in [7, 11) is 0. The summed E-state index contributed by atoms with van der Waals surface area (Å²) in [4.78, 5) is 29.1. The normalized spacial score (nSPS) is 11.7. The smallest absolute Gasteiger partial charge is 0.274 e. The van der Waals surface area contributed by atoms with Gasteiger partial charge in [-0.3, -0.25) is 14.6 Å². The molecule has 0 radical (unpaired) electrons. The first-order valence-electron chi connectivity index (χ1n) is 10.5. The van der Waals surface area contributed by atoms with Gasteiger partial charge in [0.05, 0.1) is 5.60 Å². The van der Waals surface area contributed by atoms with Crippen LogP contribution in [0, 0.1) is 0 Å². The maximum absolute atomic E-state index is 12.5. The highest BCUT2D eigenvalue weighted by Gasteiger charge is 2.17. The van der Waals surface area contributed by atoms with Crippen molar-refractivity contribution in [3.05, 3.63) is 89.2 Å². The Balaban J connectivity index is 1.61. The fourth-order valence-corrected chi connectivity index (χ4v) is 3.05. The van der Waals surface area contributed by atoms with E-state index < -0.39 is 5.60 Å². The first-order valence-corrected chi connectivity index (χ1v) is 10.5. The number of amides is 2. The number of carbonyl (C=O) groups excluding carboxylic acids is 2. The fraction of sp³-hybridized carbons (Fsp3) is 0.269. The summed E-state index contributed by atoms with van der Waals surface area (Å²) in [5, 5.41) is 15.6. The van der Waals surface area contributed by atoms with E-state index in [4.69, 9.17) is 0 Å². The van der Waals surface area contributed by atoms with E-state index in [1.807, 2.05) is 24.3 Å². The lowest BCUT2D eigenvalue weighted by atomic mass is 9.87. The molecule has 1 aromatic heterocycles. The Hall–Kier alpha value is -3.51. The molecule has 3 rings (SSSR count).